The molecule has 2 rings (SSSR count). The van der Waals surface area contributed by atoms with E-state index in [1.165, 1.54) is 32.5 Å². The van der Waals surface area contributed by atoms with Crippen molar-refractivity contribution in [3.8, 4) is 5.75 Å². The van der Waals surface area contributed by atoms with Gasteiger partial charge in [-0.3, -0.25) is 4.68 Å². The zero-order valence-electron chi connectivity index (χ0n) is 12.9. The van der Waals surface area contributed by atoms with E-state index in [0.717, 1.165) is 4.68 Å². The fraction of sp³-hybridized carbons (Fsp3) is 0.400. The van der Waals surface area contributed by atoms with Crippen LogP contribution in [0.1, 0.15) is 29.8 Å². The second-order valence-corrected chi connectivity index (χ2v) is 5.14. The maximum atomic E-state index is 13.7. The fourth-order valence-corrected chi connectivity index (χ4v) is 2.31. The van der Waals surface area contributed by atoms with Gasteiger partial charge in [0.25, 0.3) is 0 Å². The highest BCUT2D eigenvalue weighted by atomic mass is 19.4. The molecule has 0 amide bonds. The van der Waals surface area contributed by atoms with Crippen molar-refractivity contribution in [2.75, 3.05) is 7.11 Å². The molecule has 1 atom stereocenters. The Kier molecular flexibility index (Phi) is 4.93. The van der Waals surface area contributed by atoms with E-state index in [1.54, 1.807) is 13.0 Å². The van der Waals surface area contributed by atoms with Gasteiger partial charge in [0.2, 0.25) is 0 Å². The van der Waals surface area contributed by atoms with Crippen molar-refractivity contribution in [1.82, 2.24) is 15.1 Å². The first-order valence-electron chi connectivity index (χ1n) is 6.89. The van der Waals surface area contributed by atoms with Gasteiger partial charge in [0.15, 0.2) is 11.6 Å². The van der Waals surface area contributed by atoms with Crippen LogP contribution in [0, 0.1) is 5.82 Å². The molecule has 0 saturated heterocycles. The van der Waals surface area contributed by atoms with Gasteiger partial charge in [0, 0.05) is 25.2 Å². The van der Waals surface area contributed by atoms with Gasteiger partial charge in [-0.2, -0.15) is 18.3 Å². The number of rotatable bonds is 5. The average Bonchev–Trinajstić information content (AvgIpc) is 2.85. The third-order valence-electron chi connectivity index (χ3n) is 3.56. The Morgan fingerprint density at radius 3 is 2.61 bits per heavy atom. The van der Waals surface area contributed by atoms with E-state index in [1.807, 2.05) is 0 Å². The summed E-state index contributed by atoms with van der Waals surface area (Å²) in [6.07, 6.45) is -3.30. The molecule has 8 heteroatoms. The van der Waals surface area contributed by atoms with Crippen LogP contribution in [-0.2, 0) is 19.8 Å². The van der Waals surface area contributed by atoms with E-state index in [4.69, 9.17) is 4.74 Å². The Hall–Kier alpha value is -2.09. The van der Waals surface area contributed by atoms with Crippen molar-refractivity contribution in [2.24, 2.45) is 7.05 Å². The van der Waals surface area contributed by atoms with Gasteiger partial charge in [-0.05, 0) is 24.6 Å². The second kappa shape index (κ2) is 6.57. The summed E-state index contributed by atoms with van der Waals surface area (Å²) in [4.78, 5) is 0. The Morgan fingerprint density at radius 2 is 2.04 bits per heavy atom. The molecule has 0 unspecified atom stereocenters. The summed E-state index contributed by atoms with van der Waals surface area (Å²) >= 11 is 0. The normalized spacial score (nSPS) is 13.2. The van der Waals surface area contributed by atoms with Crippen LogP contribution in [-0.4, -0.2) is 16.9 Å². The summed E-state index contributed by atoms with van der Waals surface area (Å²) < 4.78 is 58.2. The summed E-state index contributed by atoms with van der Waals surface area (Å²) in [5.74, 6) is -0.399. The van der Waals surface area contributed by atoms with E-state index in [9.17, 15) is 17.6 Å². The molecule has 1 aromatic carbocycles. The Bertz CT molecular complexity index is 682. The van der Waals surface area contributed by atoms with Crippen molar-refractivity contribution < 1.29 is 22.3 Å². The number of halogens is 4. The number of aromatic nitrogens is 2. The number of ether oxygens (including phenoxy) is 1. The third-order valence-corrected chi connectivity index (χ3v) is 3.56. The smallest absolute Gasteiger partial charge is 0.433 e. The van der Waals surface area contributed by atoms with Crippen LogP contribution in [0.2, 0.25) is 0 Å². The number of nitrogens with zero attached hydrogens (tertiary/aromatic N) is 2. The van der Waals surface area contributed by atoms with Crippen LogP contribution in [0.5, 0.6) is 5.75 Å². The number of hydrogen-bond acceptors (Lipinski definition) is 3. The van der Waals surface area contributed by atoms with Crippen LogP contribution < -0.4 is 10.1 Å². The lowest BCUT2D eigenvalue weighted by Gasteiger charge is -2.16. The summed E-state index contributed by atoms with van der Waals surface area (Å²) in [6.45, 7) is 1.71. The molecule has 2 aromatic rings. The third kappa shape index (κ3) is 3.82. The molecule has 4 nitrogen and oxygen atoms in total. The lowest BCUT2D eigenvalue weighted by molar-refractivity contribution is -0.144. The Balaban J connectivity index is 2.11. The molecule has 0 aliphatic rings. The molecular formula is C15H17F4N3O. The van der Waals surface area contributed by atoms with Gasteiger partial charge >= 0.3 is 6.18 Å². The lowest BCUT2D eigenvalue weighted by Crippen LogP contribution is -2.21. The number of alkyl halides is 3. The molecule has 1 N–H and O–H groups in total. The topological polar surface area (TPSA) is 39.1 Å². The maximum Gasteiger partial charge on any atom is 0.433 e. The van der Waals surface area contributed by atoms with Gasteiger partial charge in [-0.25, -0.2) is 4.39 Å². The predicted molar refractivity (Wildman–Crippen MR) is 76.4 cm³/mol. The molecule has 0 radical (unpaired) electrons. The predicted octanol–water partition coefficient (Wildman–Crippen LogP) is 3.44. The highest BCUT2D eigenvalue weighted by Crippen LogP contribution is 2.31. The molecule has 0 aliphatic heterocycles. The fourth-order valence-electron chi connectivity index (χ4n) is 2.31. The number of benzene rings is 1. The Morgan fingerprint density at radius 1 is 1.35 bits per heavy atom. The molecule has 0 fully saturated rings. The maximum absolute atomic E-state index is 13.7. The van der Waals surface area contributed by atoms with Gasteiger partial charge in [-0.15, -0.1) is 0 Å². The molecular weight excluding hydrogens is 314 g/mol. The number of methoxy groups -OCH3 is 1. The van der Waals surface area contributed by atoms with Crippen molar-refractivity contribution in [1.29, 1.82) is 0 Å². The van der Waals surface area contributed by atoms with Crippen LogP contribution >= 0.6 is 0 Å². The molecule has 0 saturated carbocycles. The standard InChI is InChI=1S/C15H17F4N3O/c1-9(10-4-5-13(23-3)12(16)6-10)20-7-11-8-21-22(2)14(11)15(17,18)19/h4-6,8-9,20H,7H2,1-3H3/t9-/m1/s1. The minimum Gasteiger partial charge on any atom is -0.494 e. The van der Waals surface area contributed by atoms with E-state index >= 15 is 0 Å². The minimum absolute atomic E-state index is 0.0303. The average molecular weight is 331 g/mol. The quantitative estimate of drug-likeness (QED) is 0.853. The van der Waals surface area contributed by atoms with Crippen molar-refractivity contribution in [3.63, 3.8) is 0 Å². The summed E-state index contributed by atoms with van der Waals surface area (Å²) in [5, 5.41) is 6.60. The van der Waals surface area contributed by atoms with Gasteiger partial charge in [0.05, 0.1) is 13.3 Å². The van der Waals surface area contributed by atoms with Crippen LogP contribution in [0.25, 0.3) is 0 Å². The molecule has 0 aliphatic carbocycles. The summed E-state index contributed by atoms with van der Waals surface area (Å²) in [7, 11) is 2.61. The highest BCUT2D eigenvalue weighted by Gasteiger charge is 2.37. The van der Waals surface area contributed by atoms with Crippen molar-refractivity contribution in [2.45, 2.75) is 25.7 Å². The first kappa shape index (κ1) is 17.3. The second-order valence-electron chi connectivity index (χ2n) is 5.14. The molecule has 126 valence electrons. The molecule has 1 aromatic heterocycles. The molecule has 0 bridgehead atoms. The van der Waals surface area contributed by atoms with Crippen LogP contribution in [0.15, 0.2) is 24.4 Å². The lowest BCUT2D eigenvalue weighted by atomic mass is 10.1. The zero-order valence-corrected chi connectivity index (χ0v) is 12.9. The van der Waals surface area contributed by atoms with Crippen molar-refractivity contribution in [3.05, 3.63) is 47.0 Å². The van der Waals surface area contributed by atoms with Gasteiger partial charge < -0.3 is 10.1 Å². The largest absolute Gasteiger partial charge is 0.494 e. The van der Waals surface area contributed by atoms with E-state index in [0.29, 0.717) is 5.56 Å². The first-order valence-corrected chi connectivity index (χ1v) is 6.89. The van der Waals surface area contributed by atoms with Crippen LogP contribution in [0.3, 0.4) is 0 Å². The summed E-state index contributed by atoms with van der Waals surface area (Å²) in [5.41, 5.74) is -0.139. The molecule has 0 spiro atoms. The summed E-state index contributed by atoms with van der Waals surface area (Å²) in [6, 6.07) is 4.10. The van der Waals surface area contributed by atoms with Crippen LogP contribution in [0.4, 0.5) is 17.6 Å². The number of aryl methyl sites for hydroxylation is 1. The SMILES string of the molecule is COc1ccc([C@@H](C)NCc2cnn(C)c2C(F)(F)F)cc1F. The van der Waals surface area contributed by atoms with E-state index < -0.39 is 17.7 Å². The monoisotopic (exact) mass is 331 g/mol. The minimum atomic E-state index is -4.47. The van der Waals surface area contributed by atoms with Gasteiger partial charge in [-0.1, -0.05) is 6.07 Å². The molecule has 1 heterocycles. The zero-order chi connectivity index (χ0) is 17.2. The van der Waals surface area contributed by atoms with E-state index in [2.05, 4.69) is 10.4 Å². The van der Waals surface area contributed by atoms with Crippen molar-refractivity contribution >= 4 is 0 Å². The Labute approximate surface area is 131 Å². The van der Waals surface area contributed by atoms with E-state index in [-0.39, 0.29) is 23.9 Å². The number of hydrogen-bond donors (Lipinski definition) is 1. The number of nitrogens with one attached hydrogen (secondary N) is 1. The first-order chi connectivity index (χ1) is 10.7. The van der Waals surface area contributed by atoms with Gasteiger partial charge in [0.1, 0.15) is 5.69 Å². The molecule has 23 heavy (non-hydrogen) atoms. The highest BCUT2D eigenvalue weighted by molar-refractivity contribution is 5.31.